The van der Waals surface area contributed by atoms with Crippen LogP contribution in [-0.4, -0.2) is 80.0 Å². The molecular formula is C30H40Cl2FN5O2. The highest BCUT2D eigenvalue weighted by molar-refractivity contribution is 6.35. The van der Waals surface area contributed by atoms with Gasteiger partial charge in [-0.3, -0.25) is 9.59 Å². The van der Waals surface area contributed by atoms with Crippen molar-refractivity contribution >= 4 is 40.7 Å². The predicted octanol–water partition coefficient (Wildman–Crippen LogP) is 4.13. The maximum absolute atomic E-state index is 15.1. The summed E-state index contributed by atoms with van der Waals surface area (Å²) >= 11 is 12.5. The van der Waals surface area contributed by atoms with E-state index in [9.17, 15) is 9.59 Å². The molecule has 2 saturated heterocycles. The number of hydrogen-bond donors (Lipinski definition) is 2. The van der Waals surface area contributed by atoms with Crippen molar-refractivity contribution in [3.63, 3.8) is 0 Å². The summed E-state index contributed by atoms with van der Waals surface area (Å²) in [4.78, 5) is 32.1. The third kappa shape index (κ3) is 7.66. The minimum absolute atomic E-state index is 0.00877. The van der Waals surface area contributed by atoms with E-state index in [0.717, 1.165) is 43.5 Å². The highest BCUT2D eigenvalue weighted by Gasteiger charge is 2.37. The van der Waals surface area contributed by atoms with Gasteiger partial charge >= 0.3 is 0 Å². The molecule has 0 saturated carbocycles. The van der Waals surface area contributed by atoms with Crippen molar-refractivity contribution in [3.05, 3.63) is 63.4 Å². The van der Waals surface area contributed by atoms with Crippen LogP contribution in [0.15, 0.2) is 36.4 Å². The fourth-order valence-electron chi connectivity index (χ4n) is 5.66. The van der Waals surface area contributed by atoms with E-state index in [1.807, 2.05) is 17.0 Å². The molecular weight excluding hydrogens is 552 g/mol. The number of halogens is 3. The lowest BCUT2D eigenvalue weighted by atomic mass is 9.98. The number of hydrogen-bond acceptors (Lipinski definition) is 5. The van der Waals surface area contributed by atoms with Crippen molar-refractivity contribution in [3.8, 4) is 0 Å². The fourth-order valence-corrected chi connectivity index (χ4v) is 6.14. The zero-order chi connectivity index (χ0) is 28.6. The minimum Gasteiger partial charge on any atom is -0.365 e. The number of piperazine rings is 1. The molecule has 10 heteroatoms. The van der Waals surface area contributed by atoms with Gasteiger partial charge in [0.05, 0.1) is 5.69 Å². The Bertz CT molecular complexity index is 1170. The number of likely N-dealkylation sites (tertiary alicyclic amines) is 1. The number of nitrogens with one attached hydrogen (secondary N) is 1. The maximum Gasteiger partial charge on any atom is 0.245 e. The van der Waals surface area contributed by atoms with Gasteiger partial charge in [0.15, 0.2) is 0 Å². The average molecular weight is 593 g/mol. The molecule has 0 bridgehead atoms. The number of anilines is 1. The largest absolute Gasteiger partial charge is 0.365 e. The summed E-state index contributed by atoms with van der Waals surface area (Å²) in [6, 6.07) is 9.88. The Morgan fingerprint density at radius 2 is 1.88 bits per heavy atom. The number of carbonyl (C=O) groups excluding carboxylic acids is 2. The number of aryl methyl sites for hydroxylation is 1. The van der Waals surface area contributed by atoms with E-state index >= 15 is 4.39 Å². The molecule has 2 aliphatic heterocycles. The lowest BCUT2D eigenvalue weighted by Gasteiger charge is -2.40. The Morgan fingerprint density at radius 1 is 1.10 bits per heavy atom. The van der Waals surface area contributed by atoms with Crippen LogP contribution < -0.4 is 16.0 Å². The lowest BCUT2D eigenvalue weighted by Crippen LogP contribution is -2.56. The first-order valence-electron chi connectivity index (χ1n) is 14.2. The molecule has 40 heavy (non-hydrogen) atoms. The summed E-state index contributed by atoms with van der Waals surface area (Å²) in [6.07, 6.45) is 3.23. The maximum atomic E-state index is 15.1. The summed E-state index contributed by atoms with van der Waals surface area (Å²) in [5.41, 5.74) is 7.97. The van der Waals surface area contributed by atoms with Crippen LogP contribution in [0.4, 0.5) is 10.1 Å². The second kappa shape index (κ2) is 14.5. The Labute approximate surface area is 246 Å². The van der Waals surface area contributed by atoms with Crippen molar-refractivity contribution in [2.75, 3.05) is 57.3 Å². The molecule has 0 aliphatic carbocycles. The second-order valence-electron chi connectivity index (χ2n) is 10.8. The Balaban J connectivity index is 1.43. The molecule has 2 amide bonds. The van der Waals surface area contributed by atoms with Crippen molar-refractivity contribution < 1.29 is 14.0 Å². The highest BCUT2D eigenvalue weighted by atomic mass is 35.5. The third-order valence-corrected chi connectivity index (χ3v) is 8.48. The quantitative estimate of drug-likeness (QED) is 0.363. The summed E-state index contributed by atoms with van der Waals surface area (Å²) in [5.74, 6) is 0.111. The Hall–Kier alpha value is -2.39. The van der Waals surface area contributed by atoms with Gasteiger partial charge in [-0.05, 0) is 61.1 Å². The van der Waals surface area contributed by atoms with Crippen LogP contribution in [0.2, 0.25) is 10.0 Å². The van der Waals surface area contributed by atoms with Crippen LogP contribution in [-0.2, 0) is 22.4 Å². The van der Waals surface area contributed by atoms with Crippen LogP contribution in [0.25, 0.3) is 0 Å². The summed E-state index contributed by atoms with van der Waals surface area (Å²) < 4.78 is 15.1. The molecule has 0 aromatic heterocycles. The van der Waals surface area contributed by atoms with Gasteiger partial charge in [0.25, 0.3) is 0 Å². The van der Waals surface area contributed by atoms with E-state index in [1.54, 1.807) is 23.1 Å². The van der Waals surface area contributed by atoms with Crippen LogP contribution in [0.5, 0.6) is 0 Å². The normalized spacial score (nSPS) is 17.4. The monoisotopic (exact) mass is 591 g/mol. The van der Waals surface area contributed by atoms with Gasteiger partial charge in [-0.15, -0.1) is 0 Å². The van der Waals surface area contributed by atoms with E-state index in [1.165, 1.54) is 6.07 Å². The van der Waals surface area contributed by atoms with Crippen molar-refractivity contribution in [1.29, 1.82) is 0 Å². The van der Waals surface area contributed by atoms with E-state index in [-0.39, 0.29) is 17.6 Å². The molecule has 7 nitrogen and oxygen atoms in total. The van der Waals surface area contributed by atoms with Gasteiger partial charge in [-0.1, -0.05) is 48.3 Å². The molecule has 2 unspecified atom stereocenters. The smallest absolute Gasteiger partial charge is 0.245 e. The molecule has 3 N–H and O–H groups in total. The van der Waals surface area contributed by atoms with Gasteiger partial charge in [0.2, 0.25) is 11.8 Å². The molecule has 218 valence electrons. The van der Waals surface area contributed by atoms with Crippen LogP contribution in [0, 0.1) is 11.7 Å². The van der Waals surface area contributed by atoms with Crippen molar-refractivity contribution in [1.82, 2.24) is 15.1 Å². The minimum atomic E-state index is -0.626. The Morgan fingerprint density at radius 3 is 2.55 bits per heavy atom. The fraction of sp³-hybridized carbons (Fsp3) is 0.533. The molecule has 2 aromatic rings. The number of nitrogens with zero attached hydrogens (tertiary/aromatic N) is 3. The second-order valence-corrected chi connectivity index (χ2v) is 11.7. The van der Waals surface area contributed by atoms with E-state index in [0.29, 0.717) is 73.8 Å². The molecule has 2 aromatic carbocycles. The molecule has 4 rings (SSSR count). The topological polar surface area (TPSA) is 81.9 Å². The average Bonchev–Trinajstić information content (AvgIpc) is 3.37. The molecule has 2 aliphatic rings. The first kappa shape index (κ1) is 30.6. The molecule has 2 heterocycles. The molecule has 0 radical (unpaired) electrons. The first-order chi connectivity index (χ1) is 19.3. The van der Waals surface area contributed by atoms with Crippen LogP contribution >= 0.6 is 23.2 Å². The molecule has 2 atom stereocenters. The summed E-state index contributed by atoms with van der Waals surface area (Å²) in [7, 11) is 0. The Kier molecular flexibility index (Phi) is 11.1. The number of para-hydroxylation sites is 1. The van der Waals surface area contributed by atoms with E-state index in [4.69, 9.17) is 28.9 Å². The van der Waals surface area contributed by atoms with E-state index < -0.39 is 6.04 Å². The highest BCUT2D eigenvalue weighted by Crippen LogP contribution is 2.29. The first-order valence-corrected chi connectivity index (χ1v) is 15.0. The summed E-state index contributed by atoms with van der Waals surface area (Å²) in [6.45, 7) is 6.98. The number of carbonyl (C=O) groups is 2. The van der Waals surface area contributed by atoms with Crippen molar-refractivity contribution in [2.45, 2.75) is 45.1 Å². The third-order valence-electron chi connectivity index (χ3n) is 7.90. The zero-order valence-electron chi connectivity index (χ0n) is 23.2. The van der Waals surface area contributed by atoms with Gasteiger partial charge in [-0.2, -0.15) is 0 Å². The number of rotatable bonds is 12. The zero-order valence-corrected chi connectivity index (χ0v) is 24.7. The predicted molar refractivity (Wildman–Crippen MR) is 160 cm³/mol. The van der Waals surface area contributed by atoms with Crippen LogP contribution in [0.1, 0.15) is 37.3 Å². The lowest BCUT2D eigenvalue weighted by molar-refractivity contribution is -0.143. The summed E-state index contributed by atoms with van der Waals surface area (Å²) in [5, 5.41) is 4.35. The van der Waals surface area contributed by atoms with Crippen molar-refractivity contribution in [2.24, 2.45) is 11.7 Å². The van der Waals surface area contributed by atoms with Gasteiger partial charge < -0.3 is 25.8 Å². The standard InChI is InChI=1S/C30H40Cl2FN5O2/c1-21(20-35-12-11-34)7-8-22-4-2-5-26(33)29(22)36-14-16-37(17-15-36)30(40)27(38-13-3-6-28(38)39)18-23-9-10-24(31)19-25(23)32/h2,4-5,9-10,19,21,27,35H,3,6-8,11-18,20,34H2,1H3. The van der Waals surface area contributed by atoms with E-state index in [2.05, 4.69) is 17.1 Å². The molecule has 2 fully saturated rings. The van der Waals surface area contributed by atoms with Gasteiger partial charge in [-0.25, -0.2) is 4.39 Å². The SMILES string of the molecule is CC(CCc1cccc(F)c1N1CCN(C(=O)C(Cc2ccc(Cl)cc2Cl)N2CCCC2=O)CC1)CNCCN. The number of nitrogens with two attached hydrogens (primary N) is 1. The van der Waals surface area contributed by atoms with Crippen LogP contribution in [0.3, 0.4) is 0 Å². The number of benzene rings is 2. The number of amides is 2. The van der Waals surface area contributed by atoms with Gasteiger partial charge in [0, 0.05) is 68.7 Å². The molecule has 0 spiro atoms. The van der Waals surface area contributed by atoms with Gasteiger partial charge in [0.1, 0.15) is 11.9 Å².